The summed E-state index contributed by atoms with van der Waals surface area (Å²) in [4.78, 5) is 12.2. The minimum Gasteiger partial charge on any atom is -0.350 e. The van der Waals surface area contributed by atoms with E-state index in [4.69, 9.17) is 0 Å². The first-order valence-corrected chi connectivity index (χ1v) is 9.90. The Morgan fingerprint density at radius 1 is 1.45 bits per heavy atom. The normalized spacial score (nSPS) is 17.6. The van der Waals surface area contributed by atoms with Crippen molar-refractivity contribution in [2.24, 2.45) is 5.92 Å². The number of nitrogens with one attached hydrogen (secondary N) is 1. The molecule has 1 fully saturated rings. The van der Waals surface area contributed by atoms with Crippen LogP contribution in [0.2, 0.25) is 0 Å². The molecule has 2 rings (SSSR count). The quantitative estimate of drug-likeness (QED) is 0.808. The van der Waals surface area contributed by atoms with E-state index >= 15 is 0 Å². The molecule has 0 radical (unpaired) electrons. The van der Waals surface area contributed by atoms with Gasteiger partial charge in [0.1, 0.15) is 0 Å². The molecule has 1 aromatic heterocycles. The summed E-state index contributed by atoms with van der Waals surface area (Å²) in [5.41, 5.74) is 0.935. The first-order chi connectivity index (χ1) is 10.3. The maximum atomic E-state index is 12.2. The molecule has 0 saturated carbocycles. The molecule has 0 aromatic carbocycles. The second-order valence-electron chi connectivity index (χ2n) is 5.41. The van der Waals surface area contributed by atoms with Crippen molar-refractivity contribution in [1.82, 2.24) is 19.4 Å². The summed E-state index contributed by atoms with van der Waals surface area (Å²) in [6.07, 6.45) is 4.05. The molecule has 0 atom stereocenters. The fourth-order valence-corrected chi connectivity index (χ4v) is 3.91. The van der Waals surface area contributed by atoms with Crippen molar-refractivity contribution >= 4 is 31.9 Å². The van der Waals surface area contributed by atoms with Crippen molar-refractivity contribution in [3.63, 3.8) is 0 Å². The monoisotopic (exact) mass is 392 g/mol. The van der Waals surface area contributed by atoms with Crippen molar-refractivity contribution in [2.45, 2.75) is 32.9 Å². The van der Waals surface area contributed by atoms with Gasteiger partial charge in [-0.15, -0.1) is 0 Å². The lowest BCUT2D eigenvalue weighted by molar-refractivity contribution is -0.126. The van der Waals surface area contributed by atoms with Gasteiger partial charge in [0.05, 0.1) is 29.2 Å². The zero-order valence-electron chi connectivity index (χ0n) is 12.7. The summed E-state index contributed by atoms with van der Waals surface area (Å²) in [6.45, 7) is 3.97. The largest absolute Gasteiger partial charge is 0.350 e. The number of halogens is 1. The lowest BCUT2D eigenvalue weighted by atomic mass is 9.97. The van der Waals surface area contributed by atoms with Gasteiger partial charge >= 0.3 is 0 Å². The van der Waals surface area contributed by atoms with Crippen LogP contribution >= 0.6 is 15.9 Å². The first-order valence-electron chi connectivity index (χ1n) is 7.26. The highest BCUT2D eigenvalue weighted by Crippen LogP contribution is 2.20. The molecule has 1 saturated heterocycles. The van der Waals surface area contributed by atoms with Gasteiger partial charge in [-0.2, -0.15) is 5.10 Å². The number of aromatic nitrogens is 2. The molecule has 2 heterocycles. The SMILES string of the molecule is CCn1ncc(Br)c1CNC(=O)C1CCN(S(C)(=O)=O)CC1. The number of sulfonamides is 1. The van der Waals surface area contributed by atoms with Crippen LogP contribution in [0.15, 0.2) is 10.7 Å². The highest BCUT2D eigenvalue weighted by atomic mass is 79.9. The lowest BCUT2D eigenvalue weighted by Crippen LogP contribution is -2.42. The highest BCUT2D eigenvalue weighted by molar-refractivity contribution is 9.10. The fraction of sp³-hybridized carbons (Fsp3) is 0.692. The summed E-state index contributed by atoms with van der Waals surface area (Å²) in [6, 6.07) is 0. The Morgan fingerprint density at radius 2 is 2.09 bits per heavy atom. The zero-order chi connectivity index (χ0) is 16.3. The number of carbonyl (C=O) groups is 1. The molecule has 1 N–H and O–H groups in total. The average molecular weight is 393 g/mol. The molecule has 0 spiro atoms. The van der Waals surface area contributed by atoms with Gasteiger partial charge in [-0.3, -0.25) is 9.48 Å². The smallest absolute Gasteiger partial charge is 0.223 e. The van der Waals surface area contributed by atoms with Crippen LogP contribution in [0.3, 0.4) is 0 Å². The van der Waals surface area contributed by atoms with Crippen LogP contribution in [-0.4, -0.2) is 47.8 Å². The molecule has 1 aliphatic rings. The van der Waals surface area contributed by atoms with Crippen molar-refractivity contribution < 1.29 is 13.2 Å². The van der Waals surface area contributed by atoms with E-state index in [1.165, 1.54) is 10.6 Å². The molecule has 7 nitrogen and oxygen atoms in total. The fourth-order valence-electron chi connectivity index (χ4n) is 2.60. The molecular weight excluding hydrogens is 372 g/mol. The van der Waals surface area contributed by atoms with Crippen LogP contribution in [0.1, 0.15) is 25.5 Å². The van der Waals surface area contributed by atoms with Crippen LogP contribution in [-0.2, 0) is 27.9 Å². The van der Waals surface area contributed by atoms with E-state index in [1.807, 2.05) is 11.6 Å². The second-order valence-corrected chi connectivity index (χ2v) is 8.25. The Labute approximate surface area is 139 Å². The number of aryl methyl sites for hydroxylation is 1. The third-order valence-electron chi connectivity index (χ3n) is 3.92. The number of hydrogen-bond donors (Lipinski definition) is 1. The molecule has 22 heavy (non-hydrogen) atoms. The molecule has 0 unspecified atom stereocenters. The van der Waals surface area contributed by atoms with Crippen LogP contribution in [0.4, 0.5) is 0 Å². The van der Waals surface area contributed by atoms with Gasteiger partial charge in [0, 0.05) is 25.6 Å². The predicted octanol–water partition coefficient (Wildman–Crippen LogP) is 0.953. The van der Waals surface area contributed by atoms with E-state index in [1.54, 1.807) is 6.20 Å². The standard InChI is InChI=1S/C13H21BrN4O3S/c1-3-18-12(11(14)8-16-18)9-15-13(19)10-4-6-17(7-5-10)22(2,20)21/h8,10H,3-7,9H2,1-2H3,(H,15,19). The molecule has 1 aromatic rings. The van der Waals surface area contributed by atoms with Crippen molar-refractivity contribution in [3.05, 3.63) is 16.4 Å². The summed E-state index contributed by atoms with van der Waals surface area (Å²) >= 11 is 3.43. The highest BCUT2D eigenvalue weighted by Gasteiger charge is 2.28. The van der Waals surface area contributed by atoms with E-state index in [9.17, 15) is 13.2 Å². The number of amides is 1. The maximum Gasteiger partial charge on any atom is 0.223 e. The number of hydrogen-bond acceptors (Lipinski definition) is 4. The van der Waals surface area contributed by atoms with E-state index in [0.29, 0.717) is 32.5 Å². The van der Waals surface area contributed by atoms with Gasteiger partial charge in [0.25, 0.3) is 0 Å². The topological polar surface area (TPSA) is 84.3 Å². The van der Waals surface area contributed by atoms with Gasteiger partial charge < -0.3 is 5.32 Å². The average Bonchev–Trinajstić information content (AvgIpc) is 2.84. The Bertz CT molecular complexity index is 636. The number of rotatable bonds is 5. The molecule has 0 aliphatic carbocycles. The second kappa shape index (κ2) is 7.10. The Morgan fingerprint density at radius 3 is 2.64 bits per heavy atom. The minimum absolute atomic E-state index is 0.0242. The van der Waals surface area contributed by atoms with E-state index < -0.39 is 10.0 Å². The van der Waals surface area contributed by atoms with Crippen LogP contribution in [0, 0.1) is 5.92 Å². The van der Waals surface area contributed by atoms with Crippen molar-refractivity contribution in [2.75, 3.05) is 19.3 Å². The number of nitrogens with zero attached hydrogens (tertiary/aromatic N) is 3. The molecule has 124 valence electrons. The molecule has 1 amide bonds. The van der Waals surface area contributed by atoms with Gasteiger partial charge in [0.2, 0.25) is 15.9 Å². The predicted molar refractivity (Wildman–Crippen MR) is 86.6 cm³/mol. The summed E-state index contributed by atoms with van der Waals surface area (Å²) in [5.74, 6) is -0.154. The first kappa shape index (κ1) is 17.4. The molecule has 1 aliphatic heterocycles. The van der Waals surface area contributed by atoms with Crippen LogP contribution in [0.25, 0.3) is 0 Å². The summed E-state index contributed by atoms with van der Waals surface area (Å²) in [5, 5.41) is 7.13. The van der Waals surface area contributed by atoms with Gasteiger partial charge in [-0.05, 0) is 35.7 Å². The van der Waals surface area contributed by atoms with E-state index in [2.05, 4.69) is 26.3 Å². The Balaban J connectivity index is 1.88. The molecule has 0 bridgehead atoms. The van der Waals surface area contributed by atoms with Crippen molar-refractivity contribution in [3.8, 4) is 0 Å². The van der Waals surface area contributed by atoms with Crippen molar-refractivity contribution in [1.29, 1.82) is 0 Å². The van der Waals surface area contributed by atoms with Crippen LogP contribution < -0.4 is 5.32 Å². The Kier molecular flexibility index (Phi) is 5.62. The van der Waals surface area contributed by atoms with Gasteiger partial charge in [-0.1, -0.05) is 0 Å². The van der Waals surface area contributed by atoms with Gasteiger partial charge in [-0.25, -0.2) is 12.7 Å². The third-order valence-corrected chi connectivity index (χ3v) is 5.89. The Hall–Kier alpha value is -0.930. The summed E-state index contributed by atoms with van der Waals surface area (Å²) < 4.78 is 27.1. The molecule has 9 heteroatoms. The summed E-state index contributed by atoms with van der Waals surface area (Å²) in [7, 11) is -3.15. The van der Waals surface area contributed by atoms with Gasteiger partial charge in [0.15, 0.2) is 0 Å². The van der Waals surface area contributed by atoms with Crippen LogP contribution in [0.5, 0.6) is 0 Å². The number of carbonyl (C=O) groups excluding carboxylic acids is 1. The van der Waals surface area contributed by atoms with E-state index in [0.717, 1.165) is 16.7 Å². The zero-order valence-corrected chi connectivity index (χ0v) is 15.2. The lowest BCUT2D eigenvalue weighted by Gasteiger charge is -2.29. The third kappa shape index (κ3) is 4.08. The number of piperidine rings is 1. The maximum absolute atomic E-state index is 12.2. The molecular formula is C13H21BrN4O3S. The van der Waals surface area contributed by atoms with E-state index in [-0.39, 0.29) is 11.8 Å². The minimum atomic E-state index is -3.15.